The fraction of sp³-hybridized carbons (Fsp3) is 0.455. The van der Waals surface area contributed by atoms with Gasteiger partial charge in [0.25, 0.3) is 0 Å². The van der Waals surface area contributed by atoms with Gasteiger partial charge in [-0.1, -0.05) is 0 Å². The molecule has 1 aliphatic heterocycles. The normalized spacial score (nSPS) is 29.6. The molecule has 1 aliphatic carbocycles. The molecule has 6 nitrogen and oxygen atoms in total. The molecule has 2 N–H and O–H groups in total. The Morgan fingerprint density at radius 1 is 1.44 bits per heavy atom. The van der Waals surface area contributed by atoms with Crippen molar-refractivity contribution in [3.63, 3.8) is 0 Å². The molecule has 0 amide bonds. The molecule has 0 aromatic carbocycles. The first kappa shape index (κ1) is 11.6. The first-order valence-electron chi connectivity index (χ1n) is 5.71. The lowest BCUT2D eigenvalue weighted by Crippen LogP contribution is -2.33. The van der Waals surface area contributed by atoms with Crippen LogP contribution in [0.15, 0.2) is 23.2 Å². The molecule has 1 saturated heterocycles. The summed E-state index contributed by atoms with van der Waals surface area (Å²) in [5.74, 6) is 0.781. The van der Waals surface area contributed by atoms with Crippen molar-refractivity contribution in [3.8, 4) is 6.07 Å². The first-order valence-corrected chi connectivity index (χ1v) is 7.20. The first-order chi connectivity index (χ1) is 8.63. The van der Waals surface area contributed by atoms with Gasteiger partial charge in [-0.2, -0.15) is 5.26 Å². The molecule has 1 aromatic heterocycles. The molecule has 1 aromatic rings. The van der Waals surface area contributed by atoms with Gasteiger partial charge in [0.2, 0.25) is 10.0 Å². The van der Waals surface area contributed by atoms with Gasteiger partial charge in [0.1, 0.15) is 11.0 Å². The van der Waals surface area contributed by atoms with Gasteiger partial charge in [-0.3, -0.25) is 0 Å². The fourth-order valence-electron chi connectivity index (χ4n) is 2.53. The lowest BCUT2D eigenvalue weighted by molar-refractivity contribution is 0.564. The third-order valence-corrected chi connectivity index (χ3v) is 5.04. The number of sulfonamides is 1. The van der Waals surface area contributed by atoms with Gasteiger partial charge in [-0.05, 0) is 37.1 Å². The number of aromatic nitrogens is 1. The lowest BCUT2D eigenvalue weighted by atomic mass is 10.4. The van der Waals surface area contributed by atoms with Gasteiger partial charge < -0.3 is 5.32 Å². The van der Waals surface area contributed by atoms with Crippen molar-refractivity contribution in [2.75, 3.05) is 13.1 Å². The topological polar surface area (TPSA) is 94.9 Å². The molecule has 7 heteroatoms. The predicted octanol–water partition coefficient (Wildman–Crippen LogP) is -0.551. The van der Waals surface area contributed by atoms with E-state index >= 15 is 0 Å². The van der Waals surface area contributed by atoms with E-state index in [0.29, 0.717) is 11.8 Å². The molecule has 2 unspecified atom stereocenters. The highest BCUT2D eigenvalue weighted by Gasteiger charge is 2.54. The fourth-order valence-corrected chi connectivity index (χ4v) is 3.97. The highest BCUT2D eigenvalue weighted by atomic mass is 32.2. The Kier molecular flexibility index (Phi) is 2.59. The summed E-state index contributed by atoms with van der Waals surface area (Å²) in [5, 5.41) is 12.1. The van der Waals surface area contributed by atoms with E-state index in [1.807, 2.05) is 0 Å². The second-order valence-corrected chi connectivity index (χ2v) is 6.28. The maximum absolute atomic E-state index is 12.2. The minimum absolute atomic E-state index is 0.00278. The molecule has 3 rings (SSSR count). The van der Waals surface area contributed by atoms with Gasteiger partial charge in [0, 0.05) is 12.2 Å². The summed E-state index contributed by atoms with van der Waals surface area (Å²) in [6.07, 6.45) is 1.41. The molecule has 2 atom stereocenters. The Morgan fingerprint density at radius 2 is 2.17 bits per heavy atom. The molecular formula is C11H12N4O2S. The SMILES string of the molecule is N#Cc1ncccc1S(=O)(=O)NC1C2CNCC21. The number of fused-ring (bicyclic) bond motifs is 1. The van der Waals surface area contributed by atoms with Gasteiger partial charge in [-0.15, -0.1) is 0 Å². The Hall–Kier alpha value is -1.49. The molecule has 2 aliphatic rings. The van der Waals surface area contributed by atoms with Crippen molar-refractivity contribution in [2.24, 2.45) is 11.8 Å². The molecule has 1 saturated carbocycles. The van der Waals surface area contributed by atoms with Crippen LogP contribution in [0.3, 0.4) is 0 Å². The average molecular weight is 264 g/mol. The Labute approximate surface area is 105 Å². The van der Waals surface area contributed by atoms with E-state index in [2.05, 4.69) is 15.0 Å². The standard InChI is InChI=1S/C11H12N4O2S/c12-4-9-10(2-1-3-14-9)18(16,17)15-11-7-5-13-6-8(7)11/h1-3,7-8,11,13,15H,5-6H2. The molecule has 2 fully saturated rings. The third kappa shape index (κ3) is 1.79. The molecule has 94 valence electrons. The Balaban J connectivity index is 1.85. The van der Waals surface area contributed by atoms with E-state index in [1.165, 1.54) is 18.3 Å². The molecule has 2 heterocycles. The zero-order valence-corrected chi connectivity index (χ0v) is 10.3. The third-order valence-electron chi connectivity index (χ3n) is 3.55. The molecule has 0 radical (unpaired) electrons. The minimum Gasteiger partial charge on any atom is -0.316 e. The summed E-state index contributed by atoms with van der Waals surface area (Å²) in [7, 11) is -3.64. The maximum atomic E-state index is 12.2. The van der Waals surface area contributed by atoms with Gasteiger partial charge in [0.05, 0.1) is 0 Å². The van der Waals surface area contributed by atoms with Gasteiger partial charge in [0.15, 0.2) is 5.69 Å². The number of rotatable bonds is 3. The quantitative estimate of drug-likeness (QED) is 0.763. The van der Waals surface area contributed by atoms with Crippen molar-refractivity contribution < 1.29 is 8.42 Å². The number of nitrogens with zero attached hydrogens (tertiary/aromatic N) is 2. The second kappa shape index (κ2) is 4.02. The number of pyridine rings is 1. The summed E-state index contributed by atoms with van der Waals surface area (Å²) in [6.45, 7) is 1.71. The largest absolute Gasteiger partial charge is 0.316 e. The average Bonchev–Trinajstić information content (AvgIpc) is 2.80. The predicted molar refractivity (Wildman–Crippen MR) is 62.9 cm³/mol. The maximum Gasteiger partial charge on any atom is 0.243 e. The summed E-state index contributed by atoms with van der Waals surface area (Å²) >= 11 is 0. The highest BCUT2D eigenvalue weighted by Crippen LogP contribution is 2.42. The van der Waals surface area contributed by atoms with Crippen molar-refractivity contribution in [3.05, 3.63) is 24.0 Å². The number of nitriles is 1. The molecule has 18 heavy (non-hydrogen) atoms. The van der Waals surface area contributed by atoms with Crippen molar-refractivity contribution in [2.45, 2.75) is 10.9 Å². The van der Waals surface area contributed by atoms with Crippen LogP contribution in [-0.2, 0) is 10.0 Å². The number of hydrogen-bond donors (Lipinski definition) is 2. The van der Waals surface area contributed by atoms with E-state index in [0.717, 1.165) is 13.1 Å². The van der Waals surface area contributed by atoms with Crippen molar-refractivity contribution in [1.82, 2.24) is 15.0 Å². The van der Waals surface area contributed by atoms with E-state index in [-0.39, 0.29) is 16.6 Å². The summed E-state index contributed by atoms with van der Waals surface area (Å²) in [6, 6.07) is 4.73. The Morgan fingerprint density at radius 3 is 2.83 bits per heavy atom. The van der Waals surface area contributed by atoms with Crippen LogP contribution in [0.1, 0.15) is 5.69 Å². The van der Waals surface area contributed by atoms with E-state index < -0.39 is 10.0 Å². The zero-order valence-electron chi connectivity index (χ0n) is 9.50. The lowest BCUT2D eigenvalue weighted by Gasteiger charge is -2.09. The van der Waals surface area contributed by atoms with Gasteiger partial charge in [-0.25, -0.2) is 18.1 Å². The zero-order chi connectivity index (χ0) is 12.8. The van der Waals surface area contributed by atoms with Gasteiger partial charge >= 0.3 is 0 Å². The second-order valence-electron chi connectivity index (χ2n) is 4.59. The van der Waals surface area contributed by atoms with Crippen LogP contribution >= 0.6 is 0 Å². The van der Waals surface area contributed by atoms with Crippen LogP contribution in [0, 0.1) is 23.2 Å². The van der Waals surface area contributed by atoms with E-state index in [1.54, 1.807) is 6.07 Å². The van der Waals surface area contributed by atoms with Crippen LogP contribution < -0.4 is 10.0 Å². The van der Waals surface area contributed by atoms with Crippen LogP contribution in [0.25, 0.3) is 0 Å². The number of nitrogens with one attached hydrogen (secondary N) is 2. The summed E-state index contributed by atoms with van der Waals surface area (Å²) < 4.78 is 27.0. The molecule has 0 bridgehead atoms. The van der Waals surface area contributed by atoms with Crippen molar-refractivity contribution in [1.29, 1.82) is 5.26 Å². The number of piperidine rings is 1. The van der Waals surface area contributed by atoms with Crippen molar-refractivity contribution >= 4 is 10.0 Å². The minimum atomic E-state index is -3.64. The van der Waals surface area contributed by atoms with Crippen LogP contribution in [-0.4, -0.2) is 32.5 Å². The van der Waals surface area contributed by atoms with Crippen LogP contribution in [0.5, 0.6) is 0 Å². The summed E-state index contributed by atoms with van der Waals surface area (Å²) in [4.78, 5) is 3.73. The summed E-state index contributed by atoms with van der Waals surface area (Å²) in [5.41, 5.74) is -0.0612. The number of hydrogen-bond acceptors (Lipinski definition) is 5. The highest BCUT2D eigenvalue weighted by molar-refractivity contribution is 7.89. The van der Waals surface area contributed by atoms with E-state index in [4.69, 9.17) is 5.26 Å². The Bertz CT molecular complexity index is 612. The van der Waals surface area contributed by atoms with E-state index in [9.17, 15) is 8.42 Å². The molecular weight excluding hydrogens is 252 g/mol. The molecule has 0 spiro atoms. The van der Waals surface area contributed by atoms with Crippen LogP contribution in [0.4, 0.5) is 0 Å². The monoisotopic (exact) mass is 264 g/mol. The van der Waals surface area contributed by atoms with Crippen LogP contribution in [0.2, 0.25) is 0 Å². The smallest absolute Gasteiger partial charge is 0.243 e.